The van der Waals surface area contributed by atoms with E-state index in [9.17, 15) is 18.3 Å². The van der Waals surface area contributed by atoms with Crippen molar-refractivity contribution in [1.29, 1.82) is 0 Å². The van der Waals surface area contributed by atoms with Crippen molar-refractivity contribution in [2.45, 2.75) is 86.6 Å². The number of nitrogens with one attached hydrogen (secondary N) is 1. The van der Waals surface area contributed by atoms with Crippen LogP contribution in [0.2, 0.25) is 0 Å². The first-order valence-corrected chi connectivity index (χ1v) is 18.3. The van der Waals surface area contributed by atoms with Crippen LogP contribution in [-0.2, 0) is 35.4 Å². The van der Waals surface area contributed by atoms with Gasteiger partial charge in [-0.1, -0.05) is 42.5 Å². The predicted octanol–water partition coefficient (Wildman–Crippen LogP) is 3.81. The van der Waals surface area contributed by atoms with Gasteiger partial charge in [-0.2, -0.15) is 4.31 Å². The average molecular weight is 687 g/mol. The summed E-state index contributed by atoms with van der Waals surface area (Å²) in [5.41, 5.74) is 0.857. The zero-order valence-electron chi connectivity index (χ0n) is 27.3. The molecule has 0 aromatic heterocycles. The third-order valence-corrected chi connectivity index (χ3v) is 11.3. The molecule has 4 aliphatic rings. The van der Waals surface area contributed by atoms with Crippen LogP contribution in [0.1, 0.15) is 44.1 Å². The molecule has 13 heteroatoms. The standard InChI is InChI=1S/C35H46N2O10S/c1-42-26-14-15-33-31(20-26)43-17-7-3-6-11-25-12-8-13-27(46-25)21-37(48(33,40)41)22-30(38)29(19-24-9-4-2-5-10-24)36-35(39)47-32-23-45-34-28(32)16-18-44-34/h2,4-6,9-11,14-15,20,25,27-30,32,34,38H,3,7-8,12-13,16-19,21-23H2,1H3,(H,36,39)/b11-6-/t25?,27?,28-,29-,30+,32-,34+/m0/s1. The molecule has 2 aromatic carbocycles. The van der Waals surface area contributed by atoms with E-state index in [1.165, 1.54) is 17.5 Å². The van der Waals surface area contributed by atoms with Crippen LogP contribution in [0.5, 0.6) is 11.5 Å². The van der Waals surface area contributed by atoms with Gasteiger partial charge in [0.25, 0.3) is 0 Å². The lowest BCUT2D eigenvalue weighted by Gasteiger charge is -2.35. The number of carbonyl (C=O) groups excluding carboxylic acids is 1. The minimum Gasteiger partial charge on any atom is -0.497 e. The zero-order valence-corrected chi connectivity index (χ0v) is 28.1. The largest absolute Gasteiger partial charge is 0.497 e. The summed E-state index contributed by atoms with van der Waals surface area (Å²) in [5.74, 6) is 0.584. The van der Waals surface area contributed by atoms with Crippen LogP contribution in [-0.4, -0.2) is 101 Å². The van der Waals surface area contributed by atoms with E-state index in [0.717, 1.165) is 31.2 Å². The van der Waals surface area contributed by atoms with Gasteiger partial charge in [-0.15, -0.1) is 0 Å². The Balaban J connectivity index is 1.27. The molecule has 0 aliphatic carbocycles. The smallest absolute Gasteiger partial charge is 0.407 e. The second kappa shape index (κ2) is 16.0. The fourth-order valence-corrected chi connectivity index (χ4v) is 8.37. The van der Waals surface area contributed by atoms with Crippen molar-refractivity contribution in [1.82, 2.24) is 9.62 Å². The summed E-state index contributed by atoms with van der Waals surface area (Å²) < 4.78 is 65.0. The molecule has 48 heavy (non-hydrogen) atoms. The molecule has 0 spiro atoms. The molecule has 2 bridgehead atoms. The summed E-state index contributed by atoms with van der Waals surface area (Å²) in [5, 5.41) is 14.7. The number of amides is 1. The number of rotatable bonds is 8. The van der Waals surface area contributed by atoms with Crippen molar-refractivity contribution in [2.75, 3.05) is 40.0 Å². The Hall–Kier alpha value is -3.20. The molecule has 7 atom stereocenters. The highest BCUT2D eigenvalue weighted by Crippen LogP contribution is 2.34. The quantitative estimate of drug-likeness (QED) is 0.394. The van der Waals surface area contributed by atoms with Crippen LogP contribution in [0, 0.1) is 5.92 Å². The lowest BCUT2D eigenvalue weighted by Crippen LogP contribution is -2.52. The van der Waals surface area contributed by atoms with Crippen molar-refractivity contribution in [3.8, 4) is 11.5 Å². The van der Waals surface area contributed by atoms with Crippen molar-refractivity contribution in [3.05, 3.63) is 66.2 Å². The maximum atomic E-state index is 14.5. The third kappa shape index (κ3) is 8.50. The Morgan fingerprint density at radius 3 is 2.77 bits per heavy atom. The molecule has 2 unspecified atom stereocenters. The molecule has 262 valence electrons. The minimum atomic E-state index is -4.23. The van der Waals surface area contributed by atoms with Crippen molar-refractivity contribution < 1.29 is 46.7 Å². The molecule has 6 rings (SSSR count). The number of aliphatic hydroxyl groups excluding tert-OH is 1. The van der Waals surface area contributed by atoms with Gasteiger partial charge in [-0.25, -0.2) is 13.2 Å². The van der Waals surface area contributed by atoms with Crippen molar-refractivity contribution in [3.63, 3.8) is 0 Å². The summed E-state index contributed by atoms with van der Waals surface area (Å²) in [7, 11) is -2.72. The van der Waals surface area contributed by atoms with Crippen LogP contribution in [0.15, 0.2) is 65.6 Å². The van der Waals surface area contributed by atoms with E-state index < -0.39 is 40.5 Å². The Kier molecular flexibility index (Phi) is 11.6. The SMILES string of the molecule is COc1ccc2c(c1)OCCC/C=C\C1CCCC(CN(C[C@@H](O)[C@H](Cc3ccccc3)NC(=O)O[C@H]3CO[C@H]4OCC[C@H]43)S2(=O)=O)O1. The molecular weight excluding hydrogens is 640 g/mol. The van der Waals surface area contributed by atoms with Gasteiger partial charge < -0.3 is 38.8 Å². The van der Waals surface area contributed by atoms with Gasteiger partial charge in [0.1, 0.15) is 22.5 Å². The highest BCUT2D eigenvalue weighted by atomic mass is 32.2. The minimum absolute atomic E-state index is 0.0141. The molecule has 4 heterocycles. The first-order valence-electron chi connectivity index (χ1n) is 16.9. The van der Waals surface area contributed by atoms with E-state index in [1.54, 1.807) is 12.1 Å². The van der Waals surface area contributed by atoms with E-state index in [2.05, 4.69) is 11.4 Å². The normalized spacial score (nSPS) is 29.2. The van der Waals surface area contributed by atoms with Crippen LogP contribution in [0.25, 0.3) is 0 Å². The Bertz CT molecular complexity index is 1510. The molecule has 4 aliphatic heterocycles. The molecule has 3 fully saturated rings. The number of aliphatic hydroxyl groups is 1. The number of carbonyl (C=O) groups is 1. The van der Waals surface area contributed by atoms with Gasteiger partial charge in [-0.05, 0) is 62.6 Å². The number of hydrogen-bond donors (Lipinski definition) is 2. The summed E-state index contributed by atoms with van der Waals surface area (Å²) in [6.45, 7) is 0.780. The van der Waals surface area contributed by atoms with Gasteiger partial charge in [-0.3, -0.25) is 0 Å². The molecule has 3 saturated heterocycles. The number of alkyl carbamates (subject to hydrolysis) is 1. The average Bonchev–Trinajstić information content (AvgIpc) is 3.71. The second-order valence-corrected chi connectivity index (χ2v) is 14.7. The van der Waals surface area contributed by atoms with E-state index in [4.69, 9.17) is 28.4 Å². The van der Waals surface area contributed by atoms with Crippen LogP contribution in [0.4, 0.5) is 4.79 Å². The van der Waals surface area contributed by atoms with Gasteiger partial charge in [0.05, 0.1) is 57.2 Å². The second-order valence-electron chi connectivity index (χ2n) is 12.8. The molecule has 0 radical (unpaired) electrons. The number of nitrogens with zero attached hydrogens (tertiary/aromatic N) is 1. The Labute approximate surface area is 282 Å². The Morgan fingerprint density at radius 2 is 1.94 bits per heavy atom. The van der Waals surface area contributed by atoms with Gasteiger partial charge in [0, 0.05) is 19.2 Å². The highest BCUT2D eigenvalue weighted by molar-refractivity contribution is 7.89. The number of hydrogen-bond acceptors (Lipinski definition) is 10. The third-order valence-electron chi connectivity index (χ3n) is 9.38. The van der Waals surface area contributed by atoms with Crippen molar-refractivity contribution >= 4 is 16.1 Å². The molecular formula is C35H46N2O10S. The monoisotopic (exact) mass is 686 g/mol. The number of benzene rings is 2. The number of fused-ring (bicyclic) bond motifs is 4. The van der Waals surface area contributed by atoms with Crippen molar-refractivity contribution in [2.24, 2.45) is 5.92 Å². The lowest BCUT2D eigenvalue weighted by molar-refractivity contribution is -0.0907. The zero-order chi connectivity index (χ0) is 33.5. The van der Waals surface area contributed by atoms with E-state index in [1.807, 2.05) is 36.4 Å². The number of allylic oxidation sites excluding steroid dienone is 1. The first kappa shape index (κ1) is 34.7. The fourth-order valence-electron chi connectivity index (χ4n) is 6.77. The number of methoxy groups -OCH3 is 1. The summed E-state index contributed by atoms with van der Waals surface area (Å²) >= 11 is 0. The molecule has 1 amide bonds. The van der Waals surface area contributed by atoms with E-state index in [-0.39, 0.29) is 55.1 Å². The van der Waals surface area contributed by atoms with Crippen LogP contribution in [0.3, 0.4) is 0 Å². The highest BCUT2D eigenvalue weighted by Gasteiger charge is 2.44. The Morgan fingerprint density at radius 1 is 1.08 bits per heavy atom. The predicted molar refractivity (Wildman–Crippen MR) is 175 cm³/mol. The topological polar surface area (TPSA) is 142 Å². The lowest BCUT2D eigenvalue weighted by atomic mass is 10.0. The molecule has 12 nitrogen and oxygen atoms in total. The fraction of sp³-hybridized carbons (Fsp3) is 0.571. The molecule has 2 aromatic rings. The van der Waals surface area contributed by atoms with Crippen LogP contribution >= 0.6 is 0 Å². The summed E-state index contributed by atoms with van der Waals surface area (Å²) in [6.07, 6.45) is 5.58. The molecule has 2 N–H and O–H groups in total. The van der Waals surface area contributed by atoms with Gasteiger partial charge in [0.15, 0.2) is 6.29 Å². The van der Waals surface area contributed by atoms with Gasteiger partial charge in [0.2, 0.25) is 10.0 Å². The summed E-state index contributed by atoms with van der Waals surface area (Å²) in [4.78, 5) is 13.2. The number of sulfonamides is 1. The van der Waals surface area contributed by atoms with Crippen LogP contribution < -0.4 is 14.8 Å². The maximum Gasteiger partial charge on any atom is 0.407 e. The van der Waals surface area contributed by atoms with Gasteiger partial charge >= 0.3 is 6.09 Å². The van der Waals surface area contributed by atoms with E-state index >= 15 is 0 Å². The molecule has 0 saturated carbocycles. The maximum absolute atomic E-state index is 14.5. The van der Waals surface area contributed by atoms with E-state index in [0.29, 0.717) is 31.8 Å². The number of β-amino-alcohol motifs (C(OH)–C–C–N with tert-alkyl or cyclic N) is 1. The first-order chi connectivity index (χ1) is 23.3. The summed E-state index contributed by atoms with van der Waals surface area (Å²) in [6, 6.07) is 13.1. The number of ether oxygens (including phenoxy) is 6.